The molecule has 0 spiro atoms. The number of nitrogens with one attached hydrogen (secondary N) is 1. The van der Waals surface area contributed by atoms with Gasteiger partial charge in [-0.3, -0.25) is 9.36 Å². The van der Waals surface area contributed by atoms with Crippen LogP contribution in [-0.4, -0.2) is 31.6 Å². The molecule has 5 rings (SSSR count). The molecule has 2 aromatic carbocycles. The number of methoxy groups -OCH3 is 1. The summed E-state index contributed by atoms with van der Waals surface area (Å²) in [5, 5.41) is 3.99. The van der Waals surface area contributed by atoms with Crippen LogP contribution in [-0.2, 0) is 0 Å². The Morgan fingerprint density at radius 2 is 1.84 bits per heavy atom. The first-order valence-corrected chi connectivity index (χ1v) is 12.0. The second-order valence-corrected chi connectivity index (χ2v) is 8.64. The second-order valence-electron chi connectivity index (χ2n) is 8.23. The van der Waals surface area contributed by atoms with Crippen LogP contribution in [0.15, 0.2) is 78.0 Å². The Morgan fingerprint density at radius 1 is 1.03 bits per heavy atom. The first-order valence-electron chi connectivity index (χ1n) is 11.6. The van der Waals surface area contributed by atoms with Gasteiger partial charge in [-0.2, -0.15) is 0 Å². The van der Waals surface area contributed by atoms with Crippen molar-refractivity contribution < 1.29 is 4.74 Å². The van der Waals surface area contributed by atoms with Crippen LogP contribution in [0.4, 0.5) is 11.6 Å². The zero-order valence-electron chi connectivity index (χ0n) is 20.5. The van der Waals surface area contributed by atoms with Crippen molar-refractivity contribution in [2.24, 2.45) is 0 Å². The van der Waals surface area contributed by atoms with Crippen LogP contribution in [0, 0.1) is 11.8 Å². The Balaban J connectivity index is 1.61. The predicted molar refractivity (Wildman–Crippen MR) is 148 cm³/mol. The summed E-state index contributed by atoms with van der Waals surface area (Å²) in [7, 11) is 1.55. The van der Waals surface area contributed by atoms with Crippen molar-refractivity contribution in [2.75, 3.05) is 18.2 Å². The van der Waals surface area contributed by atoms with Gasteiger partial charge >= 0.3 is 0 Å². The lowest BCUT2D eigenvalue weighted by atomic mass is 10.2. The first-order chi connectivity index (χ1) is 18.5. The molecule has 3 aromatic heterocycles. The first kappa shape index (κ1) is 24.7. The third-order valence-corrected chi connectivity index (χ3v) is 6.12. The minimum absolute atomic E-state index is 0.191. The van der Waals surface area contributed by atoms with Crippen molar-refractivity contribution in [2.45, 2.75) is 13.0 Å². The maximum absolute atomic E-state index is 13.7. The van der Waals surface area contributed by atoms with E-state index in [-0.39, 0.29) is 11.4 Å². The number of fused-ring (bicyclic) bond motifs is 1. The number of aromatic nitrogens is 5. The monoisotopic (exact) mass is 523 g/mol. The zero-order valence-corrected chi connectivity index (χ0v) is 21.3. The second kappa shape index (κ2) is 10.6. The summed E-state index contributed by atoms with van der Waals surface area (Å²) in [6, 6.07) is 17.5. The van der Waals surface area contributed by atoms with E-state index in [0.29, 0.717) is 50.3 Å². The number of halogens is 1. The molecule has 5 aromatic rings. The maximum Gasteiger partial charge on any atom is 0.267 e. The Kier molecular flexibility index (Phi) is 6.89. The lowest BCUT2D eigenvalue weighted by molar-refractivity contribution is 0.411. The number of hydrogen-bond donors (Lipinski definition) is 2. The lowest BCUT2D eigenvalue weighted by Gasteiger charge is -2.21. The van der Waals surface area contributed by atoms with Crippen molar-refractivity contribution in [3.8, 4) is 23.3 Å². The van der Waals surface area contributed by atoms with Crippen molar-refractivity contribution in [3.63, 3.8) is 0 Å². The van der Waals surface area contributed by atoms with Crippen LogP contribution >= 0.6 is 11.6 Å². The molecule has 0 radical (unpaired) electrons. The minimum Gasteiger partial charge on any atom is -0.494 e. The Bertz CT molecular complexity index is 1760. The summed E-state index contributed by atoms with van der Waals surface area (Å²) in [4.78, 5) is 31.2. The number of nitrogens with zero attached hydrogens (tertiary/aromatic N) is 5. The smallest absolute Gasteiger partial charge is 0.267 e. The van der Waals surface area contributed by atoms with Crippen molar-refractivity contribution in [3.05, 3.63) is 106 Å². The highest BCUT2D eigenvalue weighted by Gasteiger charge is 2.21. The molecule has 0 amide bonds. The van der Waals surface area contributed by atoms with Gasteiger partial charge in [0.25, 0.3) is 5.56 Å². The van der Waals surface area contributed by atoms with Gasteiger partial charge in [0.05, 0.1) is 34.8 Å². The number of ether oxygens (including phenoxy) is 1. The largest absolute Gasteiger partial charge is 0.494 e. The molecule has 188 valence electrons. The van der Waals surface area contributed by atoms with E-state index in [1.54, 1.807) is 48.2 Å². The molecule has 1 atom stereocenters. The van der Waals surface area contributed by atoms with Crippen LogP contribution in [0.3, 0.4) is 0 Å². The van der Waals surface area contributed by atoms with Gasteiger partial charge in [-0.1, -0.05) is 41.8 Å². The molecule has 38 heavy (non-hydrogen) atoms. The third kappa shape index (κ3) is 4.73. The van der Waals surface area contributed by atoms with Crippen LogP contribution < -0.4 is 21.3 Å². The highest BCUT2D eigenvalue weighted by molar-refractivity contribution is 6.35. The van der Waals surface area contributed by atoms with E-state index in [1.165, 1.54) is 6.33 Å². The topological polar surface area (TPSA) is 121 Å². The predicted octanol–water partition coefficient (Wildman–Crippen LogP) is 4.39. The number of pyridine rings is 1. The van der Waals surface area contributed by atoms with Gasteiger partial charge in [0, 0.05) is 6.20 Å². The number of anilines is 2. The molecule has 0 saturated carbocycles. The fourth-order valence-electron chi connectivity index (χ4n) is 4.00. The van der Waals surface area contributed by atoms with Gasteiger partial charge in [-0.15, -0.1) is 0 Å². The average Bonchev–Trinajstić information content (AvgIpc) is 2.93. The highest BCUT2D eigenvalue weighted by atomic mass is 35.5. The van der Waals surface area contributed by atoms with Gasteiger partial charge in [0.15, 0.2) is 11.4 Å². The van der Waals surface area contributed by atoms with Crippen molar-refractivity contribution >= 4 is 34.1 Å². The van der Waals surface area contributed by atoms with Crippen molar-refractivity contribution in [1.29, 1.82) is 0 Å². The van der Waals surface area contributed by atoms with E-state index in [9.17, 15) is 4.79 Å². The van der Waals surface area contributed by atoms with Crippen molar-refractivity contribution in [1.82, 2.24) is 24.5 Å². The molecule has 0 bridgehead atoms. The zero-order chi connectivity index (χ0) is 26.6. The number of hydrogen-bond acceptors (Lipinski definition) is 8. The third-order valence-electron chi connectivity index (χ3n) is 5.80. The maximum atomic E-state index is 13.7. The van der Waals surface area contributed by atoms with E-state index in [4.69, 9.17) is 27.1 Å². The molecule has 10 heteroatoms. The number of rotatable bonds is 5. The van der Waals surface area contributed by atoms with Crippen LogP contribution in [0.25, 0.3) is 16.6 Å². The van der Waals surface area contributed by atoms with Gasteiger partial charge in [0.1, 0.15) is 29.4 Å². The standard InChI is InChI=1S/C28H22ClN7O2/c1-17(34-26-19(25(30)32-16-33-26)13-14-21-23(38-2)12-7-15-31-21)27-35-22-11-6-10-20(29)24(22)28(37)36(27)18-8-4-3-5-9-18/h3-12,15-17H,1-2H3,(H3,30,32,33,34). The minimum atomic E-state index is -0.495. The van der Waals surface area contributed by atoms with Gasteiger partial charge in [-0.25, -0.2) is 19.9 Å². The quantitative estimate of drug-likeness (QED) is 0.325. The van der Waals surface area contributed by atoms with Crippen LogP contribution in [0.1, 0.15) is 30.0 Å². The molecule has 9 nitrogen and oxygen atoms in total. The Morgan fingerprint density at radius 3 is 2.63 bits per heavy atom. The van der Waals surface area contributed by atoms with E-state index >= 15 is 0 Å². The molecule has 3 N–H and O–H groups in total. The Hall–Kier alpha value is -4.94. The highest BCUT2D eigenvalue weighted by Crippen LogP contribution is 2.26. The normalized spacial score (nSPS) is 11.4. The number of para-hydroxylation sites is 1. The molecule has 3 heterocycles. The van der Waals surface area contributed by atoms with Crippen LogP contribution in [0.5, 0.6) is 5.75 Å². The Labute approximate surface area is 223 Å². The summed E-state index contributed by atoms with van der Waals surface area (Å²) in [5.41, 5.74) is 7.87. The SMILES string of the molecule is COc1cccnc1C#Cc1c(N)ncnc1NC(C)c1nc2cccc(Cl)c2c(=O)n1-c1ccccc1. The number of nitrogens with two attached hydrogens (primary N) is 1. The summed E-state index contributed by atoms with van der Waals surface area (Å²) in [6.07, 6.45) is 2.97. The number of benzene rings is 2. The molecular formula is C28H22ClN7O2. The van der Waals surface area contributed by atoms with Gasteiger partial charge in [0.2, 0.25) is 0 Å². The summed E-state index contributed by atoms with van der Waals surface area (Å²) >= 11 is 6.40. The van der Waals surface area contributed by atoms with Crippen LogP contribution in [0.2, 0.25) is 5.02 Å². The molecule has 0 aliphatic carbocycles. The number of nitrogen functional groups attached to an aromatic ring is 1. The lowest BCUT2D eigenvalue weighted by Crippen LogP contribution is -2.27. The molecule has 0 aliphatic heterocycles. The fraction of sp³-hybridized carbons (Fsp3) is 0.107. The molecule has 0 fully saturated rings. The van der Waals surface area contributed by atoms with E-state index in [0.717, 1.165) is 0 Å². The average molecular weight is 524 g/mol. The summed E-state index contributed by atoms with van der Waals surface area (Å²) in [6.45, 7) is 1.87. The fourth-order valence-corrected chi connectivity index (χ4v) is 4.25. The molecule has 0 saturated heterocycles. The van der Waals surface area contributed by atoms with Gasteiger partial charge < -0.3 is 15.8 Å². The van der Waals surface area contributed by atoms with Gasteiger partial charge in [-0.05, 0) is 49.2 Å². The molecular weight excluding hydrogens is 502 g/mol. The van der Waals surface area contributed by atoms with E-state index in [1.807, 2.05) is 37.3 Å². The van der Waals surface area contributed by atoms with E-state index in [2.05, 4.69) is 32.1 Å². The molecule has 1 unspecified atom stereocenters. The summed E-state index contributed by atoms with van der Waals surface area (Å²) in [5.74, 6) is 7.55. The van der Waals surface area contributed by atoms with E-state index < -0.39 is 6.04 Å². The molecule has 0 aliphatic rings. The summed E-state index contributed by atoms with van der Waals surface area (Å²) < 4.78 is 6.88.